The van der Waals surface area contributed by atoms with Gasteiger partial charge in [0, 0.05) is 7.05 Å². The smallest absolute Gasteiger partial charge is 0.210 e. The molecular weight excluding hydrogens is 144 g/mol. The predicted molar refractivity (Wildman–Crippen MR) is 39.7 cm³/mol. The minimum atomic E-state index is 0.574. The first kappa shape index (κ1) is 8.23. The second-order valence-corrected chi connectivity index (χ2v) is 2.33. The number of aromatic nitrogens is 1. The molecule has 1 aromatic heterocycles. The van der Waals surface area contributed by atoms with Crippen LogP contribution in [-0.4, -0.2) is 24.2 Å². The van der Waals surface area contributed by atoms with Crippen LogP contribution in [0.5, 0.6) is 0 Å². The van der Waals surface area contributed by atoms with Gasteiger partial charge in [-0.05, 0) is 6.92 Å². The zero-order valence-corrected chi connectivity index (χ0v) is 7.00. The maximum Gasteiger partial charge on any atom is 0.210 e. The molecule has 4 nitrogen and oxygen atoms in total. The molecule has 0 radical (unpaired) electrons. The lowest BCUT2D eigenvalue weighted by atomic mass is 10.6. The van der Waals surface area contributed by atoms with Gasteiger partial charge in [-0.25, -0.2) is 4.98 Å². The zero-order chi connectivity index (χ0) is 8.27. The van der Waals surface area contributed by atoms with Crippen molar-refractivity contribution in [2.75, 3.05) is 14.2 Å². The van der Waals surface area contributed by atoms with E-state index in [0.29, 0.717) is 12.4 Å². The van der Waals surface area contributed by atoms with Gasteiger partial charge in [0.05, 0.1) is 13.3 Å². The summed E-state index contributed by atoms with van der Waals surface area (Å²) in [6.45, 7) is 2.44. The molecule has 0 bridgehead atoms. The fourth-order valence-corrected chi connectivity index (χ4v) is 0.730. The molecule has 62 valence electrons. The molecule has 0 saturated carbocycles. The van der Waals surface area contributed by atoms with Crippen LogP contribution in [0, 0.1) is 6.92 Å². The van der Waals surface area contributed by atoms with Crippen LogP contribution in [0.25, 0.3) is 0 Å². The third-order valence-corrected chi connectivity index (χ3v) is 1.34. The van der Waals surface area contributed by atoms with E-state index in [1.807, 2.05) is 14.0 Å². The van der Waals surface area contributed by atoms with E-state index < -0.39 is 0 Å². The molecule has 0 aliphatic heterocycles. The van der Waals surface area contributed by atoms with E-state index in [4.69, 9.17) is 9.25 Å². The lowest BCUT2D eigenvalue weighted by Crippen LogP contribution is -2.15. The highest BCUT2D eigenvalue weighted by atomic mass is 16.7. The highest BCUT2D eigenvalue weighted by Gasteiger charge is 2.03. The van der Waals surface area contributed by atoms with E-state index in [9.17, 15) is 0 Å². The Balaban J connectivity index is 2.50. The first-order valence-corrected chi connectivity index (χ1v) is 3.39. The van der Waals surface area contributed by atoms with E-state index in [1.54, 1.807) is 18.4 Å². The zero-order valence-electron chi connectivity index (χ0n) is 7.00. The maximum absolute atomic E-state index is 5.22. The molecule has 1 rings (SSSR count). The third-order valence-electron chi connectivity index (χ3n) is 1.34. The van der Waals surface area contributed by atoms with Crippen LogP contribution in [0.3, 0.4) is 0 Å². The number of nitrogens with zero attached hydrogens (tertiary/aromatic N) is 2. The van der Waals surface area contributed by atoms with Gasteiger partial charge in [0.25, 0.3) is 0 Å². The number of hydrogen-bond acceptors (Lipinski definition) is 4. The monoisotopic (exact) mass is 156 g/mol. The number of rotatable bonds is 3. The van der Waals surface area contributed by atoms with Gasteiger partial charge in [0.1, 0.15) is 12.3 Å². The van der Waals surface area contributed by atoms with Crippen molar-refractivity contribution in [3.63, 3.8) is 0 Å². The Morgan fingerprint density at radius 1 is 1.73 bits per heavy atom. The van der Waals surface area contributed by atoms with Gasteiger partial charge < -0.3 is 9.25 Å². The Morgan fingerprint density at radius 2 is 2.45 bits per heavy atom. The first-order valence-electron chi connectivity index (χ1n) is 3.39. The summed E-state index contributed by atoms with van der Waals surface area (Å²) in [5.41, 5.74) is 0. The quantitative estimate of drug-likeness (QED) is 0.611. The molecule has 0 aliphatic rings. The maximum atomic E-state index is 5.22. The molecule has 0 N–H and O–H groups in total. The van der Waals surface area contributed by atoms with E-state index in [0.717, 1.165) is 5.76 Å². The molecule has 1 heterocycles. The van der Waals surface area contributed by atoms with Gasteiger partial charge in [-0.3, -0.25) is 0 Å². The van der Waals surface area contributed by atoms with Crippen LogP contribution < -0.4 is 0 Å². The van der Waals surface area contributed by atoms with Crippen LogP contribution in [0.1, 0.15) is 11.7 Å². The highest BCUT2D eigenvalue weighted by molar-refractivity contribution is 4.89. The second-order valence-electron chi connectivity index (χ2n) is 2.33. The van der Waals surface area contributed by atoms with Crippen LogP contribution in [0.2, 0.25) is 0 Å². The van der Waals surface area contributed by atoms with Crippen molar-refractivity contribution in [1.29, 1.82) is 0 Å². The van der Waals surface area contributed by atoms with Gasteiger partial charge in [0.2, 0.25) is 5.89 Å². The van der Waals surface area contributed by atoms with Crippen molar-refractivity contribution in [3.8, 4) is 0 Å². The van der Waals surface area contributed by atoms with Gasteiger partial charge in [-0.15, -0.1) is 0 Å². The number of oxazole rings is 1. The molecule has 0 spiro atoms. The SMILES string of the molecule is CON(C)Cc1ncc(C)o1. The number of hydroxylamine groups is 2. The summed E-state index contributed by atoms with van der Waals surface area (Å²) in [6, 6.07) is 0. The van der Waals surface area contributed by atoms with Crippen molar-refractivity contribution in [3.05, 3.63) is 17.8 Å². The molecule has 0 unspecified atom stereocenters. The standard InChI is InChI=1S/C7H12N2O2/c1-6-4-8-7(11-6)5-9(2)10-3/h4H,5H2,1-3H3. The van der Waals surface area contributed by atoms with E-state index in [1.165, 1.54) is 0 Å². The molecule has 0 atom stereocenters. The normalized spacial score (nSPS) is 10.9. The van der Waals surface area contributed by atoms with Crippen molar-refractivity contribution < 1.29 is 9.25 Å². The van der Waals surface area contributed by atoms with Gasteiger partial charge in [-0.1, -0.05) is 0 Å². The van der Waals surface area contributed by atoms with E-state index in [-0.39, 0.29) is 0 Å². The summed E-state index contributed by atoms with van der Waals surface area (Å²) in [6.07, 6.45) is 1.69. The van der Waals surface area contributed by atoms with Crippen molar-refractivity contribution >= 4 is 0 Å². The first-order chi connectivity index (χ1) is 5.22. The lowest BCUT2D eigenvalue weighted by molar-refractivity contribution is -0.120. The summed E-state index contributed by atoms with van der Waals surface area (Å²) < 4.78 is 5.22. The number of aryl methyl sites for hydroxylation is 1. The Bertz CT molecular complexity index is 222. The van der Waals surface area contributed by atoms with Gasteiger partial charge in [-0.2, -0.15) is 5.06 Å². The lowest BCUT2D eigenvalue weighted by Gasteiger charge is -2.09. The van der Waals surface area contributed by atoms with Crippen LogP contribution in [0.4, 0.5) is 0 Å². The molecule has 0 fully saturated rings. The Morgan fingerprint density at radius 3 is 2.91 bits per heavy atom. The van der Waals surface area contributed by atoms with Gasteiger partial charge >= 0.3 is 0 Å². The minimum absolute atomic E-state index is 0.574. The minimum Gasteiger partial charge on any atom is -0.445 e. The molecule has 1 aromatic rings. The van der Waals surface area contributed by atoms with Crippen molar-refractivity contribution in [1.82, 2.24) is 10.0 Å². The van der Waals surface area contributed by atoms with Crippen LogP contribution >= 0.6 is 0 Å². The molecular formula is C7H12N2O2. The fraction of sp³-hybridized carbons (Fsp3) is 0.571. The van der Waals surface area contributed by atoms with Gasteiger partial charge in [0.15, 0.2) is 0 Å². The molecule has 0 saturated heterocycles. The summed E-state index contributed by atoms with van der Waals surface area (Å²) in [5, 5.41) is 1.64. The topological polar surface area (TPSA) is 38.5 Å². The molecule has 4 heteroatoms. The average Bonchev–Trinajstić information content (AvgIpc) is 2.35. The fourth-order valence-electron chi connectivity index (χ4n) is 0.730. The molecule has 0 aliphatic carbocycles. The number of hydrogen-bond donors (Lipinski definition) is 0. The second kappa shape index (κ2) is 3.50. The summed E-state index contributed by atoms with van der Waals surface area (Å²) in [5.74, 6) is 1.50. The third kappa shape index (κ3) is 2.32. The highest BCUT2D eigenvalue weighted by Crippen LogP contribution is 2.03. The molecule has 0 amide bonds. The van der Waals surface area contributed by atoms with Crippen LogP contribution in [-0.2, 0) is 11.4 Å². The van der Waals surface area contributed by atoms with Crippen molar-refractivity contribution in [2.24, 2.45) is 0 Å². The largest absolute Gasteiger partial charge is 0.445 e. The summed E-state index contributed by atoms with van der Waals surface area (Å²) in [7, 11) is 3.43. The average molecular weight is 156 g/mol. The van der Waals surface area contributed by atoms with E-state index >= 15 is 0 Å². The molecule has 0 aromatic carbocycles. The van der Waals surface area contributed by atoms with E-state index in [2.05, 4.69) is 4.98 Å². The molecule has 11 heavy (non-hydrogen) atoms. The summed E-state index contributed by atoms with van der Waals surface area (Å²) in [4.78, 5) is 8.91. The summed E-state index contributed by atoms with van der Waals surface area (Å²) >= 11 is 0. The Hall–Kier alpha value is -0.870. The van der Waals surface area contributed by atoms with Crippen molar-refractivity contribution in [2.45, 2.75) is 13.5 Å². The predicted octanol–water partition coefficient (Wildman–Crippen LogP) is 0.976. The Labute approximate surface area is 65.7 Å². The Kier molecular flexibility index (Phi) is 2.62. The van der Waals surface area contributed by atoms with Crippen LogP contribution in [0.15, 0.2) is 10.6 Å².